The Kier molecular flexibility index (Phi) is 4.31. The number of nitrogens with two attached hydrogens (primary N) is 1. The molecule has 1 aromatic rings. The average molecular weight is 291 g/mol. The topological polar surface area (TPSA) is 62.7 Å². The molecule has 1 aromatic heterocycles. The second-order valence-electron chi connectivity index (χ2n) is 6.35. The van der Waals surface area contributed by atoms with Gasteiger partial charge in [-0.1, -0.05) is 0 Å². The Morgan fingerprint density at radius 1 is 1.29 bits per heavy atom. The molecule has 5 nitrogen and oxygen atoms in total. The minimum absolute atomic E-state index is 0.0460. The Hall–Kier alpha value is -1.33. The first-order valence-corrected chi connectivity index (χ1v) is 7.95. The second-order valence-corrected chi connectivity index (χ2v) is 6.35. The van der Waals surface area contributed by atoms with Crippen molar-refractivity contribution < 1.29 is 9.21 Å². The van der Waals surface area contributed by atoms with E-state index in [2.05, 4.69) is 4.90 Å². The molecule has 2 N–H and O–H groups in total. The van der Waals surface area contributed by atoms with Gasteiger partial charge in [0.1, 0.15) is 11.5 Å². The molecule has 0 aliphatic carbocycles. The van der Waals surface area contributed by atoms with Crippen LogP contribution in [0.15, 0.2) is 16.5 Å². The summed E-state index contributed by atoms with van der Waals surface area (Å²) < 4.78 is 5.71. The Morgan fingerprint density at radius 2 is 2.05 bits per heavy atom. The molecule has 2 saturated heterocycles. The third kappa shape index (κ3) is 3.30. The zero-order valence-electron chi connectivity index (χ0n) is 12.8. The molecule has 5 heteroatoms. The highest BCUT2D eigenvalue weighted by molar-refractivity contribution is 5.78. The lowest BCUT2D eigenvalue weighted by Gasteiger charge is -2.28. The molecule has 3 heterocycles. The predicted octanol–water partition coefficient (Wildman–Crippen LogP) is 1.33. The quantitative estimate of drug-likeness (QED) is 0.912. The van der Waals surface area contributed by atoms with E-state index >= 15 is 0 Å². The van der Waals surface area contributed by atoms with Crippen molar-refractivity contribution in [1.82, 2.24) is 9.80 Å². The summed E-state index contributed by atoms with van der Waals surface area (Å²) in [5.41, 5.74) is 6.24. The highest BCUT2D eigenvalue weighted by Crippen LogP contribution is 2.27. The van der Waals surface area contributed by atoms with Crippen LogP contribution in [0.3, 0.4) is 0 Å². The molecule has 0 bridgehead atoms. The number of carbonyl (C=O) groups excluding carboxylic acids is 1. The molecule has 1 amide bonds. The van der Waals surface area contributed by atoms with Crippen molar-refractivity contribution in [2.75, 3.05) is 32.7 Å². The van der Waals surface area contributed by atoms with E-state index in [1.807, 2.05) is 24.0 Å². The number of likely N-dealkylation sites (tertiary alicyclic amines) is 2. The number of rotatable bonds is 3. The number of hydrogen-bond acceptors (Lipinski definition) is 4. The van der Waals surface area contributed by atoms with Crippen LogP contribution in [-0.2, 0) is 4.79 Å². The highest BCUT2D eigenvalue weighted by atomic mass is 16.3. The molecular formula is C16H25N3O2. The molecule has 0 saturated carbocycles. The maximum Gasteiger partial charge on any atom is 0.236 e. The first-order chi connectivity index (χ1) is 10.1. The van der Waals surface area contributed by atoms with Crippen molar-refractivity contribution in [2.24, 2.45) is 5.73 Å². The average Bonchev–Trinajstić information content (AvgIpc) is 3.06. The lowest BCUT2D eigenvalue weighted by atomic mass is 10.0. The fraction of sp³-hybridized carbons (Fsp3) is 0.688. The van der Waals surface area contributed by atoms with Crippen molar-refractivity contribution in [1.29, 1.82) is 0 Å². The van der Waals surface area contributed by atoms with E-state index in [1.165, 1.54) is 6.42 Å². The van der Waals surface area contributed by atoms with E-state index in [0.717, 1.165) is 50.5 Å². The van der Waals surface area contributed by atoms with Crippen molar-refractivity contribution in [3.8, 4) is 0 Å². The molecule has 2 atom stereocenters. The van der Waals surface area contributed by atoms with E-state index in [0.29, 0.717) is 6.54 Å². The Balaban J connectivity index is 1.57. The standard InChI is InChI=1S/C16H25N3O2/c1-12-5-6-15(21-12)13-9-18(10-14(13)17)11-16(20)19-7-3-2-4-8-19/h5-6,13-14H,2-4,7-11,17H2,1H3/t13-,14-/m1/s1. The molecule has 0 spiro atoms. The normalized spacial score (nSPS) is 27.2. The molecule has 2 aliphatic rings. The monoisotopic (exact) mass is 291 g/mol. The Bertz CT molecular complexity index is 493. The van der Waals surface area contributed by atoms with Crippen molar-refractivity contribution in [3.05, 3.63) is 23.7 Å². The Morgan fingerprint density at radius 3 is 2.71 bits per heavy atom. The third-order valence-electron chi connectivity index (χ3n) is 4.63. The third-order valence-corrected chi connectivity index (χ3v) is 4.63. The highest BCUT2D eigenvalue weighted by Gasteiger charge is 2.34. The van der Waals surface area contributed by atoms with Crippen molar-refractivity contribution >= 4 is 5.91 Å². The fourth-order valence-electron chi connectivity index (χ4n) is 3.43. The number of aryl methyl sites for hydroxylation is 1. The smallest absolute Gasteiger partial charge is 0.236 e. The number of furan rings is 1. The maximum atomic E-state index is 12.3. The summed E-state index contributed by atoms with van der Waals surface area (Å²) >= 11 is 0. The van der Waals surface area contributed by atoms with Gasteiger partial charge in [-0.25, -0.2) is 0 Å². The number of piperidine rings is 1. The summed E-state index contributed by atoms with van der Waals surface area (Å²) in [6, 6.07) is 4.03. The van der Waals surface area contributed by atoms with Gasteiger partial charge in [-0.05, 0) is 38.3 Å². The van der Waals surface area contributed by atoms with E-state index in [9.17, 15) is 4.79 Å². The van der Waals surface area contributed by atoms with Crippen LogP contribution in [0, 0.1) is 6.92 Å². The molecule has 0 radical (unpaired) electrons. The van der Waals surface area contributed by atoms with Crippen LogP contribution in [0.2, 0.25) is 0 Å². The molecule has 0 aromatic carbocycles. The minimum Gasteiger partial charge on any atom is -0.466 e. The first-order valence-electron chi connectivity index (χ1n) is 7.95. The first kappa shape index (κ1) is 14.6. The number of hydrogen-bond donors (Lipinski definition) is 1. The zero-order valence-corrected chi connectivity index (χ0v) is 12.8. The van der Waals surface area contributed by atoms with Crippen LogP contribution >= 0.6 is 0 Å². The molecule has 0 unspecified atom stereocenters. The molecule has 3 rings (SSSR count). The zero-order chi connectivity index (χ0) is 14.8. The van der Waals surface area contributed by atoms with Gasteiger partial charge >= 0.3 is 0 Å². The van der Waals surface area contributed by atoms with Gasteiger partial charge in [0.2, 0.25) is 5.91 Å². The van der Waals surface area contributed by atoms with Gasteiger partial charge in [0.15, 0.2) is 0 Å². The van der Waals surface area contributed by atoms with Gasteiger partial charge in [0.25, 0.3) is 0 Å². The number of carbonyl (C=O) groups is 1. The van der Waals surface area contributed by atoms with Crippen LogP contribution in [-0.4, -0.2) is 54.5 Å². The summed E-state index contributed by atoms with van der Waals surface area (Å²) in [4.78, 5) is 16.5. The van der Waals surface area contributed by atoms with Crippen LogP contribution in [0.25, 0.3) is 0 Å². The van der Waals surface area contributed by atoms with Crippen molar-refractivity contribution in [2.45, 2.75) is 38.1 Å². The van der Waals surface area contributed by atoms with Crippen LogP contribution < -0.4 is 5.73 Å². The molecule has 2 fully saturated rings. The van der Waals surface area contributed by atoms with Gasteiger partial charge in [0, 0.05) is 38.1 Å². The number of amides is 1. The lowest BCUT2D eigenvalue weighted by Crippen LogP contribution is -2.42. The van der Waals surface area contributed by atoms with E-state index in [-0.39, 0.29) is 17.9 Å². The van der Waals surface area contributed by atoms with Crippen molar-refractivity contribution in [3.63, 3.8) is 0 Å². The fourth-order valence-corrected chi connectivity index (χ4v) is 3.43. The maximum absolute atomic E-state index is 12.3. The summed E-state index contributed by atoms with van der Waals surface area (Å²) in [6.45, 7) is 5.85. The predicted molar refractivity (Wildman–Crippen MR) is 81.0 cm³/mol. The van der Waals surface area contributed by atoms with Crippen LogP contribution in [0.1, 0.15) is 36.7 Å². The van der Waals surface area contributed by atoms with Gasteiger partial charge < -0.3 is 15.1 Å². The SMILES string of the molecule is Cc1ccc([C@@H]2CN(CC(=O)N3CCCCC3)C[C@H]2N)o1. The van der Waals surface area contributed by atoms with Gasteiger partial charge in [-0.2, -0.15) is 0 Å². The van der Waals surface area contributed by atoms with Crippen LogP contribution in [0.4, 0.5) is 0 Å². The second kappa shape index (κ2) is 6.20. The molecule has 21 heavy (non-hydrogen) atoms. The molecular weight excluding hydrogens is 266 g/mol. The summed E-state index contributed by atoms with van der Waals surface area (Å²) in [5, 5.41) is 0. The Labute approximate surface area is 126 Å². The van der Waals surface area contributed by atoms with Gasteiger partial charge in [0.05, 0.1) is 6.54 Å². The van der Waals surface area contributed by atoms with Gasteiger partial charge in [-0.15, -0.1) is 0 Å². The molecule has 2 aliphatic heterocycles. The lowest BCUT2D eigenvalue weighted by molar-refractivity contribution is -0.133. The summed E-state index contributed by atoms with van der Waals surface area (Å²) in [6.07, 6.45) is 3.53. The summed E-state index contributed by atoms with van der Waals surface area (Å²) in [7, 11) is 0. The minimum atomic E-state index is 0.0460. The van der Waals surface area contributed by atoms with Gasteiger partial charge in [-0.3, -0.25) is 9.69 Å². The largest absolute Gasteiger partial charge is 0.466 e. The summed E-state index contributed by atoms with van der Waals surface area (Å²) in [5.74, 6) is 2.32. The number of nitrogens with zero attached hydrogens (tertiary/aromatic N) is 2. The van der Waals surface area contributed by atoms with E-state index < -0.39 is 0 Å². The van der Waals surface area contributed by atoms with Crippen LogP contribution in [0.5, 0.6) is 0 Å². The molecule has 116 valence electrons. The van der Waals surface area contributed by atoms with E-state index in [4.69, 9.17) is 10.2 Å². The van der Waals surface area contributed by atoms with E-state index in [1.54, 1.807) is 0 Å².